The molecule has 2 N–H and O–H groups in total. The van der Waals surface area contributed by atoms with Crippen molar-refractivity contribution in [3.63, 3.8) is 0 Å². The zero-order valence-corrected chi connectivity index (χ0v) is 23.9. The molecule has 1 unspecified atom stereocenters. The normalized spacial score (nSPS) is 19.6. The molecular weight excluding hydrogens is 508 g/mol. The Morgan fingerprint density at radius 1 is 1.02 bits per heavy atom. The van der Waals surface area contributed by atoms with Crippen molar-refractivity contribution in [1.29, 1.82) is 0 Å². The van der Waals surface area contributed by atoms with Crippen LogP contribution in [0.1, 0.15) is 51.2 Å². The van der Waals surface area contributed by atoms with Gasteiger partial charge < -0.3 is 19.7 Å². The molecule has 2 amide bonds. The molecular formula is C31H41N4O5+. The molecule has 0 saturated carbocycles. The number of rotatable bonds is 9. The van der Waals surface area contributed by atoms with Crippen molar-refractivity contribution in [2.45, 2.75) is 70.8 Å². The molecule has 1 saturated heterocycles. The van der Waals surface area contributed by atoms with E-state index in [-0.39, 0.29) is 5.91 Å². The molecule has 1 fully saturated rings. The van der Waals surface area contributed by atoms with E-state index < -0.39 is 29.7 Å². The van der Waals surface area contributed by atoms with Crippen molar-refractivity contribution < 1.29 is 28.8 Å². The second kappa shape index (κ2) is 13.0. The van der Waals surface area contributed by atoms with Crippen LogP contribution in [-0.4, -0.2) is 65.8 Å². The third-order valence-corrected chi connectivity index (χ3v) is 7.08. The Balaban J connectivity index is 1.50. The van der Waals surface area contributed by atoms with Gasteiger partial charge in [0.05, 0.1) is 19.7 Å². The first-order valence-electron chi connectivity index (χ1n) is 13.9. The predicted molar refractivity (Wildman–Crippen MR) is 151 cm³/mol. The van der Waals surface area contributed by atoms with Crippen molar-refractivity contribution in [1.82, 2.24) is 15.1 Å². The van der Waals surface area contributed by atoms with Crippen LogP contribution in [-0.2, 0) is 32.2 Å². The fourth-order valence-corrected chi connectivity index (χ4v) is 5.23. The molecule has 0 radical (unpaired) electrons. The van der Waals surface area contributed by atoms with Crippen molar-refractivity contribution in [3.8, 4) is 0 Å². The third kappa shape index (κ3) is 7.85. The van der Waals surface area contributed by atoms with E-state index in [1.54, 1.807) is 20.8 Å². The number of carbonyl (C=O) groups is 3. The first kappa shape index (κ1) is 29.1. The maximum Gasteiger partial charge on any atom is 0.410 e. The van der Waals surface area contributed by atoms with E-state index in [1.807, 2.05) is 36.4 Å². The van der Waals surface area contributed by atoms with Crippen LogP contribution in [0.4, 0.5) is 4.79 Å². The van der Waals surface area contributed by atoms with E-state index in [1.165, 1.54) is 28.0 Å². The lowest BCUT2D eigenvalue weighted by Crippen LogP contribution is -3.08. The number of hydrogen-bond acceptors (Lipinski definition) is 6. The van der Waals surface area contributed by atoms with Crippen LogP contribution in [0.15, 0.2) is 72.6 Å². The lowest BCUT2D eigenvalue weighted by Gasteiger charge is -2.29. The molecule has 2 aromatic carbocycles. The van der Waals surface area contributed by atoms with Gasteiger partial charge in [0.2, 0.25) is 5.91 Å². The third-order valence-electron chi connectivity index (χ3n) is 7.08. The van der Waals surface area contributed by atoms with Gasteiger partial charge in [-0.3, -0.25) is 14.6 Å². The molecule has 0 bridgehead atoms. The standard InChI is InChI=1S/C31H40N4O5/c1-31(2,3)40-30(38)35-17-11-16-27(35)28(36)32-26(29(37)39-4)18-25-21-33(19-23-12-7-5-8-13-23)22-34(25)20-24-14-9-6-10-15-24/h5-10,12-15,21,26-27H,11,16-20,22H2,1-4H3,(H,32,36)/p+1/t26-,27-/m0/s1. The Hall–Kier alpha value is -3.85. The number of benzene rings is 2. The number of ether oxygens (including phenoxy) is 2. The summed E-state index contributed by atoms with van der Waals surface area (Å²) in [6.45, 7) is 8.04. The van der Waals surface area contributed by atoms with E-state index in [9.17, 15) is 14.4 Å². The van der Waals surface area contributed by atoms with Gasteiger partial charge in [0.25, 0.3) is 0 Å². The van der Waals surface area contributed by atoms with Gasteiger partial charge in [-0.2, -0.15) is 0 Å². The van der Waals surface area contributed by atoms with Crippen molar-refractivity contribution >= 4 is 18.0 Å². The molecule has 2 aliphatic rings. The SMILES string of the molecule is COC(=O)[C@H](CC1=CN(Cc2ccccc2)C[NH+]1Cc1ccccc1)NC(=O)[C@@H]1CCCN1C(=O)OC(C)(C)C. The Kier molecular flexibility index (Phi) is 9.47. The van der Waals surface area contributed by atoms with E-state index >= 15 is 0 Å². The molecule has 9 nitrogen and oxygen atoms in total. The molecule has 0 aromatic heterocycles. The molecule has 3 atom stereocenters. The molecule has 2 heterocycles. The number of amides is 2. The Morgan fingerprint density at radius 3 is 2.30 bits per heavy atom. The summed E-state index contributed by atoms with van der Waals surface area (Å²) in [4.78, 5) is 43.9. The van der Waals surface area contributed by atoms with Crippen molar-refractivity contribution in [2.75, 3.05) is 20.3 Å². The average molecular weight is 550 g/mol. The number of likely N-dealkylation sites (tertiary alicyclic amines) is 1. The Labute approximate surface area is 236 Å². The molecule has 2 aromatic rings. The molecule has 4 rings (SSSR count). The molecule has 0 aliphatic carbocycles. The Bertz CT molecular complexity index is 1200. The largest absolute Gasteiger partial charge is 0.467 e. The summed E-state index contributed by atoms with van der Waals surface area (Å²) in [5, 5.41) is 2.90. The fourth-order valence-electron chi connectivity index (χ4n) is 5.23. The second-order valence-electron chi connectivity index (χ2n) is 11.4. The zero-order valence-electron chi connectivity index (χ0n) is 23.9. The highest BCUT2D eigenvalue weighted by Crippen LogP contribution is 2.22. The minimum atomic E-state index is -0.882. The summed E-state index contributed by atoms with van der Waals surface area (Å²) < 4.78 is 10.6. The molecule has 9 heteroatoms. The summed E-state index contributed by atoms with van der Waals surface area (Å²) in [6.07, 6.45) is 3.07. The van der Waals surface area contributed by atoms with Gasteiger partial charge in [-0.05, 0) is 39.2 Å². The van der Waals surface area contributed by atoms with Crippen LogP contribution in [0.3, 0.4) is 0 Å². The van der Waals surface area contributed by atoms with Crippen LogP contribution >= 0.6 is 0 Å². The topological polar surface area (TPSA) is 92.6 Å². The highest BCUT2D eigenvalue weighted by atomic mass is 16.6. The van der Waals surface area contributed by atoms with E-state index in [2.05, 4.69) is 40.7 Å². The van der Waals surface area contributed by atoms with E-state index in [4.69, 9.17) is 9.47 Å². The maximum absolute atomic E-state index is 13.4. The molecule has 2 aliphatic heterocycles. The minimum Gasteiger partial charge on any atom is -0.467 e. The van der Waals surface area contributed by atoms with Crippen molar-refractivity contribution in [2.24, 2.45) is 0 Å². The second-order valence-corrected chi connectivity index (χ2v) is 11.4. The van der Waals surface area contributed by atoms with Gasteiger partial charge in [0, 0.05) is 18.7 Å². The Morgan fingerprint density at radius 2 is 1.68 bits per heavy atom. The predicted octanol–water partition coefficient (Wildman–Crippen LogP) is 2.83. The maximum atomic E-state index is 13.4. The van der Waals surface area contributed by atoms with Crippen LogP contribution < -0.4 is 10.2 Å². The number of methoxy groups -OCH3 is 1. The summed E-state index contributed by atoms with van der Waals surface area (Å²) in [6, 6.07) is 18.9. The summed E-state index contributed by atoms with van der Waals surface area (Å²) in [5.41, 5.74) is 2.72. The quantitative estimate of drug-likeness (QED) is 0.468. The monoisotopic (exact) mass is 549 g/mol. The smallest absolute Gasteiger partial charge is 0.410 e. The van der Waals surface area contributed by atoms with Crippen LogP contribution in [0, 0.1) is 0 Å². The molecule has 214 valence electrons. The lowest BCUT2D eigenvalue weighted by atomic mass is 10.1. The highest BCUT2D eigenvalue weighted by Gasteiger charge is 2.39. The minimum absolute atomic E-state index is 0.297. The zero-order chi connectivity index (χ0) is 28.7. The first-order valence-corrected chi connectivity index (χ1v) is 13.9. The number of nitrogens with zero attached hydrogens (tertiary/aromatic N) is 2. The van der Waals surface area contributed by atoms with Gasteiger partial charge in [-0.1, -0.05) is 60.7 Å². The van der Waals surface area contributed by atoms with Crippen LogP contribution in [0.2, 0.25) is 0 Å². The van der Waals surface area contributed by atoms with E-state index in [0.29, 0.717) is 25.8 Å². The summed E-state index contributed by atoms with van der Waals surface area (Å²) >= 11 is 0. The van der Waals surface area contributed by atoms with Crippen LogP contribution in [0.5, 0.6) is 0 Å². The fraction of sp³-hybridized carbons (Fsp3) is 0.452. The first-order chi connectivity index (χ1) is 19.1. The van der Waals surface area contributed by atoms with Crippen molar-refractivity contribution in [3.05, 3.63) is 83.7 Å². The van der Waals surface area contributed by atoms with Gasteiger partial charge in [0.15, 0.2) is 6.67 Å². The highest BCUT2D eigenvalue weighted by molar-refractivity contribution is 5.90. The number of carbonyl (C=O) groups excluding carboxylic acids is 3. The summed E-state index contributed by atoms with van der Waals surface area (Å²) in [5.74, 6) is -0.889. The number of nitrogens with one attached hydrogen (secondary N) is 2. The van der Waals surface area contributed by atoms with Gasteiger partial charge in [-0.25, -0.2) is 9.59 Å². The lowest BCUT2D eigenvalue weighted by molar-refractivity contribution is -0.878. The van der Waals surface area contributed by atoms with Gasteiger partial charge in [0.1, 0.15) is 29.9 Å². The van der Waals surface area contributed by atoms with E-state index in [0.717, 1.165) is 25.5 Å². The summed E-state index contributed by atoms with van der Waals surface area (Å²) in [7, 11) is 1.32. The van der Waals surface area contributed by atoms with Gasteiger partial charge >= 0.3 is 12.1 Å². The average Bonchev–Trinajstić information content (AvgIpc) is 3.55. The number of hydrogen-bond donors (Lipinski definition) is 2. The number of quaternary nitrogens is 1. The molecule has 0 spiro atoms. The van der Waals surface area contributed by atoms with Crippen LogP contribution in [0.25, 0.3) is 0 Å². The molecule has 40 heavy (non-hydrogen) atoms. The van der Waals surface area contributed by atoms with Gasteiger partial charge in [-0.15, -0.1) is 0 Å². The number of esters is 1.